The maximum atomic E-state index is 13.0. The van der Waals surface area contributed by atoms with Crippen molar-refractivity contribution in [2.75, 3.05) is 68.7 Å². The van der Waals surface area contributed by atoms with Gasteiger partial charge in [-0.1, -0.05) is 6.92 Å². The molecule has 2 aliphatic heterocycles. The number of carbonyl (C=O) groups excluding carboxylic acids is 1. The molecule has 154 valence electrons. The van der Waals surface area contributed by atoms with Crippen LogP contribution in [0.4, 0.5) is 11.9 Å². The highest BCUT2D eigenvalue weighted by molar-refractivity contribution is 5.92. The fourth-order valence-corrected chi connectivity index (χ4v) is 3.79. The zero-order chi connectivity index (χ0) is 20.2. The van der Waals surface area contributed by atoms with E-state index >= 15 is 0 Å². The number of rotatable bonds is 4. The summed E-state index contributed by atoms with van der Waals surface area (Å²) in [6.45, 7) is 11.6. The first-order valence-electron chi connectivity index (χ1n) is 10.3. The van der Waals surface area contributed by atoms with E-state index < -0.39 is 0 Å². The van der Waals surface area contributed by atoms with Crippen molar-refractivity contribution in [2.24, 2.45) is 0 Å². The largest absolute Gasteiger partial charge is 0.337 e. The molecule has 0 aromatic carbocycles. The molecular formula is C20H28N8O. The number of hydrogen-bond donors (Lipinski definition) is 0. The first-order valence-corrected chi connectivity index (χ1v) is 10.3. The van der Waals surface area contributed by atoms with E-state index in [0.29, 0.717) is 11.6 Å². The number of aromatic nitrogens is 4. The molecule has 0 saturated carbocycles. The predicted molar refractivity (Wildman–Crippen MR) is 111 cm³/mol. The molecule has 9 nitrogen and oxygen atoms in total. The van der Waals surface area contributed by atoms with Gasteiger partial charge in [0.15, 0.2) is 0 Å². The molecule has 2 aliphatic rings. The van der Waals surface area contributed by atoms with Gasteiger partial charge in [0, 0.05) is 70.4 Å². The summed E-state index contributed by atoms with van der Waals surface area (Å²) in [5.74, 6) is 1.39. The molecule has 2 aromatic rings. The molecule has 2 fully saturated rings. The third-order valence-corrected chi connectivity index (χ3v) is 5.57. The fraction of sp³-hybridized carbons (Fsp3) is 0.550. The Bertz CT molecular complexity index is 830. The van der Waals surface area contributed by atoms with Gasteiger partial charge >= 0.3 is 0 Å². The Kier molecular flexibility index (Phi) is 5.84. The van der Waals surface area contributed by atoms with Crippen LogP contribution in [0.25, 0.3) is 0 Å². The summed E-state index contributed by atoms with van der Waals surface area (Å²) in [6, 6.07) is 3.62. The van der Waals surface area contributed by atoms with E-state index in [2.05, 4.69) is 41.6 Å². The normalized spacial score (nSPS) is 18.2. The van der Waals surface area contributed by atoms with E-state index in [1.54, 1.807) is 18.5 Å². The van der Waals surface area contributed by atoms with Crippen molar-refractivity contribution >= 4 is 17.8 Å². The minimum atomic E-state index is 0.00354. The van der Waals surface area contributed by atoms with Gasteiger partial charge in [0.25, 0.3) is 5.91 Å². The van der Waals surface area contributed by atoms with E-state index in [4.69, 9.17) is 0 Å². The summed E-state index contributed by atoms with van der Waals surface area (Å²) in [7, 11) is 0. The van der Waals surface area contributed by atoms with E-state index in [1.807, 2.05) is 17.9 Å². The monoisotopic (exact) mass is 396 g/mol. The molecule has 4 heterocycles. The summed E-state index contributed by atoms with van der Waals surface area (Å²) in [6.07, 6.45) is 3.52. The molecule has 0 N–H and O–H groups in total. The van der Waals surface area contributed by atoms with Crippen LogP contribution in [0.3, 0.4) is 0 Å². The fourth-order valence-electron chi connectivity index (χ4n) is 3.79. The summed E-state index contributed by atoms with van der Waals surface area (Å²) < 4.78 is 0. The van der Waals surface area contributed by atoms with Crippen molar-refractivity contribution in [3.8, 4) is 0 Å². The van der Waals surface area contributed by atoms with E-state index in [1.165, 1.54) is 0 Å². The van der Waals surface area contributed by atoms with Gasteiger partial charge in [-0.2, -0.15) is 0 Å². The Balaban J connectivity index is 1.43. The average molecular weight is 396 g/mol. The van der Waals surface area contributed by atoms with Gasteiger partial charge in [0.05, 0.1) is 0 Å². The molecule has 2 saturated heterocycles. The maximum Gasteiger partial charge on any atom is 0.272 e. The van der Waals surface area contributed by atoms with Gasteiger partial charge in [0.2, 0.25) is 11.9 Å². The third kappa shape index (κ3) is 4.45. The van der Waals surface area contributed by atoms with Crippen LogP contribution in [0.5, 0.6) is 0 Å². The predicted octanol–water partition coefficient (Wildman–Crippen LogP) is 0.679. The lowest BCUT2D eigenvalue weighted by atomic mass is 10.2. The number of nitrogens with zero attached hydrogens (tertiary/aromatic N) is 8. The van der Waals surface area contributed by atoms with Gasteiger partial charge in [-0.25, -0.2) is 19.9 Å². The Labute approximate surface area is 171 Å². The first-order chi connectivity index (χ1) is 14.1. The van der Waals surface area contributed by atoms with E-state index in [9.17, 15) is 4.79 Å². The zero-order valence-corrected chi connectivity index (χ0v) is 17.2. The molecular weight excluding hydrogens is 368 g/mol. The second-order valence-electron chi connectivity index (χ2n) is 7.44. The van der Waals surface area contributed by atoms with Crippen molar-refractivity contribution < 1.29 is 4.79 Å². The second-order valence-corrected chi connectivity index (χ2v) is 7.44. The summed E-state index contributed by atoms with van der Waals surface area (Å²) in [4.78, 5) is 39.4. The van der Waals surface area contributed by atoms with Gasteiger partial charge in [-0.05, 0) is 25.6 Å². The van der Waals surface area contributed by atoms with E-state index in [-0.39, 0.29) is 5.91 Å². The number of aryl methyl sites for hydroxylation is 1. The van der Waals surface area contributed by atoms with Crippen LogP contribution in [0.1, 0.15) is 23.1 Å². The molecule has 0 radical (unpaired) electrons. The van der Waals surface area contributed by atoms with E-state index in [0.717, 1.165) is 70.5 Å². The number of amides is 1. The molecule has 0 aliphatic carbocycles. The topological polar surface area (TPSA) is 81.6 Å². The summed E-state index contributed by atoms with van der Waals surface area (Å²) in [5, 5.41) is 0. The molecule has 0 spiro atoms. The van der Waals surface area contributed by atoms with Crippen molar-refractivity contribution in [3.05, 3.63) is 35.9 Å². The Hall–Kier alpha value is -2.81. The standard InChI is InChI=1S/C20H28N8O/c1-3-25-7-9-26(10-8-25)18(29)17-15-16(2)23-20(24-17)28-13-11-27(12-14-28)19-21-5-4-6-22-19/h4-6,15H,3,7-14H2,1-2H3. The minimum Gasteiger partial charge on any atom is -0.337 e. The number of likely N-dealkylation sites (N-methyl/N-ethyl adjacent to an activating group) is 1. The Morgan fingerprint density at radius 3 is 2.14 bits per heavy atom. The van der Waals surface area contributed by atoms with Crippen LogP contribution in [0, 0.1) is 6.92 Å². The molecule has 4 rings (SSSR count). The number of hydrogen-bond acceptors (Lipinski definition) is 8. The SMILES string of the molecule is CCN1CCN(C(=O)c2cc(C)nc(N3CCN(c4ncccn4)CC3)n2)CC1. The molecule has 0 bridgehead atoms. The van der Waals surface area contributed by atoms with Crippen LogP contribution in [-0.4, -0.2) is 94.5 Å². The van der Waals surface area contributed by atoms with Crippen LogP contribution in [0.15, 0.2) is 24.5 Å². The molecule has 9 heteroatoms. The second kappa shape index (κ2) is 8.69. The highest BCUT2D eigenvalue weighted by atomic mass is 16.2. The zero-order valence-electron chi connectivity index (χ0n) is 17.2. The van der Waals surface area contributed by atoms with Crippen LogP contribution < -0.4 is 9.80 Å². The third-order valence-electron chi connectivity index (χ3n) is 5.57. The quantitative estimate of drug-likeness (QED) is 0.746. The van der Waals surface area contributed by atoms with Gasteiger partial charge in [-0.3, -0.25) is 4.79 Å². The lowest BCUT2D eigenvalue weighted by Crippen LogP contribution is -2.49. The molecule has 2 aromatic heterocycles. The lowest BCUT2D eigenvalue weighted by Gasteiger charge is -2.35. The molecule has 1 amide bonds. The van der Waals surface area contributed by atoms with Crippen molar-refractivity contribution in [1.29, 1.82) is 0 Å². The smallest absolute Gasteiger partial charge is 0.272 e. The van der Waals surface area contributed by atoms with Crippen molar-refractivity contribution in [1.82, 2.24) is 29.7 Å². The maximum absolute atomic E-state index is 13.0. The van der Waals surface area contributed by atoms with Crippen LogP contribution >= 0.6 is 0 Å². The number of anilines is 2. The number of piperazine rings is 2. The first kappa shape index (κ1) is 19.5. The number of carbonyl (C=O) groups is 1. The van der Waals surface area contributed by atoms with Gasteiger partial charge < -0.3 is 19.6 Å². The molecule has 0 atom stereocenters. The molecule has 29 heavy (non-hydrogen) atoms. The van der Waals surface area contributed by atoms with Crippen molar-refractivity contribution in [3.63, 3.8) is 0 Å². The van der Waals surface area contributed by atoms with Crippen molar-refractivity contribution in [2.45, 2.75) is 13.8 Å². The Morgan fingerprint density at radius 2 is 1.52 bits per heavy atom. The highest BCUT2D eigenvalue weighted by Crippen LogP contribution is 2.17. The van der Waals surface area contributed by atoms with Gasteiger partial charge in [-0.15, -0.1) is 0 Å². The molecule has 0 unspecified atom stereocenters. The van der Waals surface area contributed by atoms with Gasteiger partial charge in [0.1, 0.15) is 5.69 Å². The van der Waals surface area contributed by atoms with Crippen LogP contribution in [0.2, 0.25) is 0 Å². The minimum absolute atomic E-state index is 0.00354. The highest BCUT2D eigenvalue weighted by Gasteiger charge is 2.25. The average Bonchev–Trinajstić information content (AvgIpc) is 2.79. The summed E-state index contributed by atoms with van der Waals surface area (Å²) in [5.41, 5.74) is 1.31. The lowest BCUT2D eigenvalue weighted by molar-refractivity contribution is 0.0637. The van der Waals surface area contributed by atoms with Crippen LogP contribution in [-0.2, 0) is 0 Å². The summed E-state index contributed by atoms with van der Waals surface area (Å²) >= 11 is 0. The Morgan fingerprint density at radius 1 is 0.897 bits per heavy atom.